The van der Waals surface area contributed by atoms with Gasteiger partial charge in [0.05, 0.1) is 22.2 Å². The number of hydrogen-bond acceptors (Lipinski definition) is 4. The lowest BCUT2D eigenvalue weighted by Crippen LogP contribution is -2.30. The summed E-state index contributed by atoms with van der Waals surface area (Å²) >= 11 is 0. The Morgan fingerprint density at radius 3 is 2.54 bits per heavy atom. The lowest BCUT2D eigenvalue weighted by atomic mass is 10.0. The van der Waals surface area contributed by atoms with Crippen LogP contribution in [0, 0.1) is 17.0 Å². The summed E-state index contributed by atoms with van der Waals surface area (Å²) in [5, 5.41) is 14.2. The van der Waals surface area contributed by atoms with Crippen molar-refractivity contribution in [2.75, 3.05) is 18.0 Å². The van der Waals surface area contributed by atoms with Gasteiger partial charge in [0.1, 0.15) is 0 Å². The van der Waals surface area contributed by atoms with E-state index < -0.39 is 4.92 Å². The van der Waals surface area contributed by atoms with Crippen LogP contribution in [0.5, 0.6) is 0 Å². The van der Waals surface area contributed by atoms with Crippen LogP contribution < -0.4 is 10.2 Å². The first-order chi connectivity index (χ1) is 12.5. The van der Waals surface area contributed by atoms with Gasteiger partial charge in [-0.25, -0.2) is 0 Å². The van der Waals surface area contributed by atoms with Gasteiger partial charge in [-0.1, -0.05) is 24.3 Å². The first kappa shape index (κ1) is 17.9. The van der Waals surface area contributed by atoms with Crippen LogP contribution in [0.3, 0.4) is 0 Å². The zero-order chi connectivity index (χ0) is 18.7. The van der Waals surface area contributed by atoms with Crippen LogP contribution in [0.25, 0.3) is 0 Å². The summed E-state index contributed by atoms with van der Waals surface area (Å²) in [6.45, 7) is 5.66. The second-order valence-corrected chi connectivity index (χ2v) is 6.70. The molecule has 1 atom stereocenters. The Morgan fingerprint density at radius 2 is 1.88 bits per heavy atom. The lowest BCUT2D eigenvalue weighted by molar-refractivity contribution is -0.384. The molecule has 136 valence electrons. The van der Waals surface area contributed by atoms with Crippen LogP contribution in [0.1, 0.15) is 47.3 Å². The number of nitrogens with zero attached hydrogens (tertiary/aromatic N) is 2. The van der Waals surface area contributed by atoms with E-state index in [1.54, 1.807) is 6.07 Å². The molecular formula is C20H23N3O3. The quantitative estimate of drug-likeness (QED) is 0.651. The highest BCUT2D eigenvalue weighted by atomic mass is 16.6. The second-order valence-electron chi connectivity index (χ2n) is 6.70. The standard InChI is InChI=1S/C20H23N3O3/c1-14-7-3-4-8-17(14)15(2)21-20(24)18-13-16(23(25)26)9-10-19(18)22-11-5-6-12-22/h3-4,7-10,13,15H,5-6,11-12H2,1-2H3,(H,21,24). The van der Waals surface area contributed by atoms with E-state index in [1.165, 1.54) is 12.1 Å². The molecule has 0 aromatic heterocycles. The molecule has 1 N–H and O–H groups in total. The maximum atomic E-state index is 12.9. The molecule has 6 heteroatoms. The highest BCUT2D eigenvalue weighted by Gasteiger charge is 2.23. The van der Waals surface area contributed by atoms with Crippen molar-refractivity contribution in [3.63, 3.8) is 0 Å². The third-order valence-electron chi connectivity index (χ3n) is 4.88. The number of nitro benzene ring substituents is 1. The summed E-state index contributed by atoms with van der Waals surface area (Å²) in [6, 6.07) is 12.2. The van der Waals surface area contributed by atoms with Crippen molar-refractivity contribution in [1.29, 1.82) is 0 Å². The van der Waals surface area contributed by atoms with Gasteiger partial charge in [-0.3, -0.25) is 14.9 Å². The number of non-ortho nitro benzene ring substituents is 1. The normalized spacial score (nSPS) is 14.9. The number of carbonyl (C=O) groups is 1. The molecule has 2 aromatic carbocycles. The van der Waals surface area contributed by atoms with E-state index in [-0.39, 0.29) is 17.6 Å². The van der Waals surface area contributed by atoms with E-state index in [1.807, 2.05) is 38.1 Å². The Labute approximate surface area is 153 Å². The Kier molecular flexibility index (Phi) is 5.21. The van der Waals surface area contributed by atoms with E-state index in [0.29, 0.717) is 5.56 Å². The lowest BCUT2D eigenvalue weighted by Gasteiger charge is -2.22. The number of rotatable bonds is 5. The monoisotopic (exact) mass is 353 g/mol. The molecule has 0 radical (unpaired) electrons. The van der Waals surface area contributed by atoms with Gasteiger partial charge in [-0.05, 0) is 43.9 Å². The van der Waals surface area contributed by atoms with Crippen LogP contribution >= 0.6 is 0 Å². The molecule has 2 aromatic rings. The fourth-order valence-corrected chi connectivity index (χ4v) is 3.48. The van der Waals surface area contributed by atoms with Crippen molar-refractivity contribution < 1.29 is 9.72 Å². The number of anilines is 1. The van der Waals surface area contributed by atoms with E-state index in [9.17, 15) is 14.9 Å². The molecule has 3 rings (SSSR count). The van der Waals surface area contributed by atoms with Gasteiger partial charge in [0, 0.05) is 25.2 Å². The van der Waals surface area contributed by atoms with Crippen molar-refractivity contribution in [1.82, 2.24) is 5.32 Å². The minimum Gasteiger partial charge on any atom is -0.371 e. The zero-order valence-electron chi connectivity index (χ0n) is 15.1. The molecule has 1 heterocycles. The molecule has 0 bridgehead atoms. The number of aryl methyl sites for hydroxylation is 1. The third kappa shape index (κ3) is 3.69. The van der Waals surface area contributed by atoms with E-state index in [2.05, 4.69) is 10.2 Å². The summed E-state index contributed by atoms with van der Waals surface area (Å²) in [5.74, 6) is -0.286. The van der Waals surface area contributed by atoms with Crippen LogP contribution in [-0.2, 0) is 0 Å². The predicted molar refractivity (Wildman–Crippen MR) is 102 cm³/mol. The summed E-state index contributed by atoms with van der Waals surface area (Å²) in [7, 11) is 0. The topological polar surface area (TPSA) is 75.5 Å². The number of hydrogen-bond donors (Lipinski definition) is 1. The fraction of sp³-hybridized carbons (Fsp3) is 0.350. The molecule has 26 heavy (non-hydrogen) atoms. The van der Waals surface area contributed by atoms with Crippen LogP contribution in [0.15, 0.2) is 42.5 Å². The van der Waals surface area contributed by atoms with Crippen molar-refractivity contribution in [2.45, 2.75) is 32.7 Å². The third-order valence-corrected chi connectivity index (χ3v) is 4.88. The average Bonchev–Trinajstić information content (AvgIpc) is 3.15. The maximum Gasteiger partial charge on any atom is 0.270 e. The summed E-state index contributed by atoms with van der Waals surface area (Å²) < 4.78 is 0. The highest BCUT2D eigenvalue weighted by molar-refractivity contribution is 6.00. The van der Waals surface area contributed by atoms with Crippen molar-refractivity contribution in [2.24, 2.45) is 0 Å². The molecule has 1 saturated heterocycles. The van der Waals surface area contributed by atoms with Gasteiger partial charge >= 0.3 is 0 Å². The average molecular weight is 353 g/mol. The molecule has 0 aliphatic carbocycles. The fourth-order valence-electron chi connectivity index (χ4n) is 3.48. The Bertz CT molecular complexity index is 829. The van der Waals surface area contributed by atoms with Crippen molar-refractivity contribution in [3.8, 4) is 0 Å². The molecule has 6 nitrogen and oxygen atoms in total. The predicted octanol–water partition coefficient (Wildman–Crippen LogP) is 3.99. The van der Waals surface area contributed by atoms with Crippen LogP contribution in [0.4, 0.5) is 11.4 Å². The second kappa shape index (κ2) is 7.56. The van der Waals surface area contributed by atoms with Gasteiger partial charge in [-0.15, -0.1) is 0 Å². The van der Waals surface area contributed by atoms with Crippen LogP contribution in [-0.4, -0.2) is 23.9 Å². The van der Waals surface area contributed by atoms with E-state index >= 15 is 0 Å². The van der Waals surface area contributed by atoms with Gasteiger partial charge in [-0.2, -0.15) is 0 Å². The minimum atomic E-state index is -0.463. The zero-order valence-corrected chi connectivity index (χ0v) is 15.1. The largest absolute Gasteiger partial charge is 0.371 e. The van der Waals surface area contributed by atoms with Crippen molar-refractivity contribution in [3.05, 3.63) is 69.3 Å². The van der Waals surface area contributed by atoms with Gasteiger partial charge in [0.2, 0.25) is 0 Å². The summed E-state index contributed by atoms with van der Waals surface area (Å²) in [6.07, 6.45) is 2.13. The number of carbonyl (C=O) groups excluding carboxylic acids is 1. The molecular weight excluding hydrogens is 330 g/mol. The Balaban J connectivity index is 1.90. The number of benzene rings is 2. The molecule has 1 fully saturated rings. The van der Waals surface area contributed by atoms with Gasteiger partial charge < -0.3 is 10.2 Å². The van der Waals surface area contributed by atoms with Gasteiger partial charge in [0.25, 0.3) is 11.6 Å². The molecule has 1 aliphatic heterocycles. The molecule has 0 spiro atoms. The van der Waals surface area contributed by atoms with Crippen molar-refractivity contribution >= 4 is 17.3 Å². The molecule has 1 unspecified atom stereocenters. The molecule has 1 amide bonds. The first-order valence-electron chi connectivity index (χ1n) is 8.87. The minimum absolute atomic E-state index is 0.0679. The summed E-state index contributed by atoms with van der Waals surface area (Å²) in [4.78, 5) is 25.7. The molecule has 0 saturated carbocycles. The first-order valence-corrected chi connectivity index (χ1v) is 8.87. The number of nitro groups is 1. The van der Waals surface area contributed by atoms with E-state index in [0.717, 1.165) is 42.7 Å². The number of amides is 1. The van der Waals surface area contributed by atoms with Gasteiger partial charge in [0.15, 0.2) is 0 Å². The van der Waals surface area contributed by atoms with E-state index in [4.69, 9.17) is 0 Å². The SMILES string of the molecule is Cc1ccccc1C(C)NC(=O)c1cc([N+](=O)[O-])ccc1N1CCCC1. The Morgan fingerprint density at radius 1 is 1.19 bits per heavy atom. The highest BCUT2D eigenvalue weighted by Crippen LogP contribution is 2.29. The Hall–Kier alpha value is -2.89. The van der Waals surface area contributed by atoms with Crippen LogP contribution in [0.2, 0.25) is 0 Å². The molecule has 1 aliphatic rings. The smallest absolute Gasteiger partial charge is 0.270 e. The maximum absolute atomic E-state index is 12.9. The number of nitrogens with one attached hydrogen (secondary N) is 1. The summed E-state index contributed by atoms with van der Waals surface area (Å²) in [5.41, 5.74) is 3.19.